The molecule has 3 rings (SSSR count). The minimum Gasteiger partial charge on any atom is -0.379 e. The molecule has 0 saturated carbocycles. The fourth-order valence-corrected chi connectivity index (χ4v) is 2.32. The van der Waals surface area contributed by atoms with Gasteiger partial charge in [0.15, 0.2) is 11.5 Å². The highest BCUT2D eigenvalue weighted by Crippen LogP contribution is 2.29. The number of nitrogens with zero attached hydrogens (tertiary/aromatic N) is 5. The van der Waals surface area contributed by atoms with E-state index in [1.165, 1.54) is 11.6 Å². The van der Waals surface area contributed by atoms with Gasteiger partial charge in [-0.2, -0.15) is 0 Å². The number of hydrogen-bond donors (Lipinski definition) is 1. The van der Waals surface area contributed by atoms with Gasteiger partial charge in [-0.15, -0.1) is 10.2 Å². The predicted octanol–water partition coefficient (Wildman–Crippen LogP) is -1.11. The van der Waals surface area contributed by atoms with E-state index in [0.717, 1.165) is 17.7 Å². The van der Waals surface area contributed by atoms with E-state index in [0.29, 0.717) is 22.5 Å². The molecule has 0 bridgehead atoms. The standard InChI is InChI=1S/C11H14N6O2/c1-15-5-4-12-7-6-8(13-14-9(7)15)16(2)11(19)17(3)10(6)18/h12H,4-5H2,1-3H3. The predicted molar refractivity (Wildman–Crippen MR) is 71.8 cm³/mol. The summed E-state index contributed by atoms with van der Waals surface area (Å²) < 4.78 is 2.42. The Morgan fingerprint density at radius 2 is 1.84 bits per heavy atom. The maximum absolute atomic E-state index is 12.3. The van der Waals surface area contributed by atoms with Gasteiger partial charge in [0, 0.05) is 34.2 Å². The topological polar surface area (TPSA) is 85.1 Å². The summed E-state index contributed by atoms with van der Waals surface area (Å²) in [6.07, 6.45) is 0. The van der Waals surface area contributed by atoms with E-state index in [-0.39, 0.29) is 5.56 Å². The van der Waals surface area contributed by atoms with Crippen LogP contribution in [-0.4, -0.2) is 39.5 Å². The summed E-state index contributed by atoms with van der Waals surface area (Å²) in [6.45, 7) is 1.51. The molecular formula is C11H14N6O2. The molecule has 0 radical (unpaired) electrons. The first kappa shape index (κ1) is 11.7. The molecule has 8 nitrogen and oxygen atoms in total. The van der Waals surface area contributed by atoms with E-state index in [1.54, 1.807) is 7.05 Å². The molecule has 19 heavy (non-hydrogen) atoms. The lowest BCUT2D eigenvalue weighted by atomic mass is 10.2. The Hall–Kier alpha value is -2.38. The van der Waals surface area contributed by atoms with Crippen molar-refractivity contribution in [3.05, 3.63) is 20.8 Å². The second kappa shape index (κ2) is 3.81. The lowest BCUT2D eigenvalue weighted by Gasteiger charge is -2.27. The molecule has 0 amide bonds. The summed E-state index contributed by atoms with van der Waals surface area (Å²) in [6, 6.07) is 0. The molecule has 3 heterocycles. The molecule has 8 heteroatoms. The molecule has 2 aromatic rings. The number of likely N-dealkylation sites (N-methyl/N-ethyl adjacent to an activating group) is 1. The van der Waals surface area contributed by atoms with E-state index in [4.69, 9.17) is 0 Å². The molecule has 0 unspecified atom stereocenters. The van der Waals surface area contributed by atoms with Gasteiger partial charge in [0.05, 0.1) is 5.69 Å². The number of rotatable bonds is 0. The Labute approximate surface area is 108 Å². The molecule has 0 spiro atoms. The van der Waals surface area contributed by atoms with Gasteiger partial charge in [-0.3, -0.25) is 13.9 Å². The fourth-order valence-electron chi connectivity index (χ4n) is 2.32. The summed E-state index contributed by atoms with van der Waals surface area (Å²) in [5.74, 6) is 0.634. The van der Waals surface area contributed by atoms with E-state index in [2.05, 4.69) is 15.5 Å². The number of fused-ring (bicyclic) bond motifs is 3. The Bertz CT molecular complexity index is 790. The second-order valence-electron chi connectivity index (χ2n) is 4.65. The highest BCUT2D eigenvalue weighted by Gasteiger charge is 2.22. The molecule has 0 atom stereocenters. The summed E-state index contributed by atoms with van der Waals surface area (Å²) in [5, 5.41) is 11.7. The average molecular weight is 262 g/mol. The summed E-state index contributed by atoms with van der Waals surface area (Å²) in [5.41, 5.74) is 0.188. The minimum atomic E-state index is -0.407. The molecule has 1 aliphatic rings. The lowest BCUT2D eigenvalue weighted by molar-refractivity contribution is 0.701. The van der Waals surface area contributed by atoms with Crippen molar-refractivity contribution >= 4 is 22.5 Å². The van der Waals surface area contributed by atoms with Gasteiger partial charge in [-0.1, -0.05) is 0 Å². The molecule has 2 aromatic heterocycles. The number of aromatic nitrogens is 4. The van der Waals surface area contributed by atoms with Crippen molar-refractivity contribution in [2.75, 3.05) is 30.4 Å². The van der Waals surface area contributed by atoms with Gasteiger partial charge in [-0.25, -0.2) is 4.79 Å². The molecule has 0 aliphatic carbocycles. The van der Waals surface area contributed by atoms with E-state index in [9.17, 15) is 9.59 Å². The smallest absolute Gasteiger partial charge is 0.332 e. The van der Waals surface area contributed by atoms with Crippen molar-refractivity contribution in [3.8, 4) is 0 Å². The normalized spacial score (nSPS) is 14.4. The maximum atomic E-state index is 12.3. The van der Waals surface area contributed by atoms with E-state index < -0.39 is 5.69 Å². The first-order chi connectivity index (χ1) is 9.02. The van der Waals surface area contributed by atoms with Crippen LogP contribution < -0.4 is 21.5 Å². The summed E-state index contributed by atoms with van der Waals surface area (Å²) in [4.78, 5) is 26.1. The van der Waals surface area contributed by atoms with Crippen LogP contribution in [0.2, 0.25) is 0 Å². The SMILES string of the molecule is CN1CCNc2c1nnc1c2c(=O)n(C)c(=O)n1C. The van der Waals surface area contributed by atoms with Crippen LogP contribution in [0.3, 0.4) is 0 Å². The van der Waals surface area contributed by atoms with Crippen molar-refractivity contribution in [2.45, 2.75) is 0 Å². The van der Waals surface area contributed by atoms with Gasteiger partial charge < -0.3 is 10.2 Å². The van der Waals surface area contributed by atoms with Crippen LogP contribution in [-0.2, 0) is 14.1 Å². The largest absolute Gasteiger partial charge is 0.379 e. The highest BCUT2D eigenvalue weighted by molar-refractivity contribution is 5.94. The van der Waals surface area contributed by atoms with Crippen molar-refractivity contribution in [1.82, 2.24) is 19.3 Å². The van der Waals surface area contributed by atoms with Gasteiger partial charge in [0.25, 0.3) is 5.56 Å². The molecule has 1 aliphatic heterocycles. The van der Waals surface area contributed by atoms with Crippen molar-refractivity contribution in [3.63, 3.8) is 0 Å². The van der Waals surface area contributed by atoms with Crippen LogP contribution in [0.1, 0.15) is 0 Å². The molecule has 100 valence electrons. The van der Waals surface area contributed by atoms with Gasteiger partial charge in [0.1, 0.15) is 5.39 Å². The van der Waals surface area contributed by atoms with Crippen LogP contribution in [0.25, 0.3) is 11.0 Å². The Morgan fingerprint density at radius 3 is 2.58 bits per heavy atom. The quantitative estimate of drug-likeness (QED) is 0.648. The number of anilines is 2. The maximum Gasteiger partial charge on any atom is 0.332 e. The zero-order valence-electron chi connectivity index (χ0n) is 11.0. The van der Waals surface area contributed by atoms with Crippen LogP contribution in [0.5, 0.6) is 0 Å². The van der Waals surface area contributed by atoms with Crippen LogP contribution in [0.15, 0.2) is 9.59 Å². The molecule has 1 N–H and O–H groups in total. The zero-order valence-corrected chi connectivity index (χ0v) is 11.0. The average Bonchev–Trinajstić information content (AvgIpc) is 2.42. The number of nitrogens with one attached hydrogen (secondary N) is 1. The number of aryl methyl sites for hydroxylation is 1. The van der Waals surface area contributed by atoms with E-state index >= 15 is 0 Å². The third-order valence-corrected chi connectivity index (χ3v) is 3.46. The first-order valence-corrected chi connectivity index (χ1v) is 5.93. The third kappa shape index (κ3) is 1.46. The van der Waals surface area contributed by atoms with Crippen molar-refractivity contribution in [2.24, 2.45) is 14.1 Å². The second-order valence-corrected chi connectivity index (χ2v) is 4.65. The first-order valence-electron chi connectivity index (χ1n) is 5.93. The highest BCUT2D eigenvalue weighted by atomic mass is 16.2. The fraction of sp³-hybridized carbons (Fsp3) is 0.455. The minimum absolute atomic E-state index is 0.301. The summed E-state index contributed by atoms with van der Waals surface area (Å²) >= 11 is 0. The molecule has 0 fully saturated rings. The molecular weight excluding hydrogens is 248 g/mol. The van der Waals surface area contributed by atoms with Crippen LogP contribution in [0, 0.1) is 0 Å². The molecule has 0 aromatic carbocycles. The summed E-state index contributed by atoms with van der Waals surface area (Å²) in [7, 11) is 4.94. The zero-order chi connectivity index (χ0) is 13.7. The van der Waals surface area contributed by atoms with Gasteiger partial charge in [-0.05, 0) is 0 Å². The Kier molecular flexibility index (Phi) is 2.34. The van der Waals surface area contributed by atoms with Crippen LogP contribution in [0.4, 0.5) is 11.5 Å². The van der Waals surface area contributed by atoms with Gasteiger partial charge >= 0.3 is 5.69 Å². The molecule has 0 saturated heterocycles. The third-order valence-electron chi connectivity index (χ3n) is 3.46. The van der Waals surface area contributed by atoms with Crippen molar-refractivity contribution < 1.29 is 0 Å². The Morgan fingerprint density at radius 1 is 1.11 bits per heavy atom. The van der Waals surface area contributed by atoms with Crippen LogP contribution >= 0.6 is 0 Å². The lowest BCUT2D eigenvalue weighted by Crippen LogP contribution is -2.39. The Balaban J connectivity index is 2.54. The number of hydrogen-bond acceptors (Lipinski definition) is 6. The van der Waals surface area contributed by atoms with Crippen molar-refractivity contribution in [1.29, 1.82) is 0 Å². The van der Waals surface area contributed by atoms with Gasteiger partial charge in [0.2, 0.25) is 0 Å². The monoisotopic (exact) mass is 262 g/mol. The van der Waals surface area contributed by atoms with E-state index in [1.807, 2.05) is 11.9 Å².